The minimum atomic E-state index is -0.731. The van der Waals surface area contributed by atoms with Crippen LogP contribution in [-0.2, 0) is 9.53 Å². The van der Waals surface area contributed by atoms with Crippen molar-refractivity contribution in [1.29, 1.82) is 0 Å². The smallest absolute Gasteiger partial charge is 0.316 e. The summed E-state index contributed by atoms with van der Waals surface area (Å²) in [5, 5.41) is 0. The summed E-state index contributed by atoms with van der Waals surface area (Å²) in [5.41, 5.74) is 3.80. The molecule has 0 aromatic heterocycles. The summed E-state index contributed by atoms with van der Waals surface area (Å²) < 4.78 is 4.75. The van der Waals surface area contributed by atoms with Crippen molar-refractivity contribution in [3.63, 3.8) is 0 Å². The summed E-state index contributed by atoms with van der Waals surface area (Å²) in [6, 6.07) is 3.72. The molecule has 1 atom stereocenters. The minimum Gasteiger partial charge on any atom is -0.468 e. The predicted molar refractivity (Wildman–Crippen MR) is 75.3 cm³/mol. The Labute approximate surface area is 115 Å². The predicted octanol–water partition coefficient (Wildman–Crippen LogP) is 3.24. The van der Waals surface area contributed by atoms with E-state index in [1.807, 2.05) is 40.7 Å². The summed E-state index contributed by atoms with van der Waals surface area (Å²) in [4.78, 5) is 24.4. The fourth-order valence-electron chi connectivity index (χ4n) is 2.20. The number of esters is 1. The Hall–Kier alpha value is -1.64. The van der Waals surface area contributed by atoms with Crippen molar-refractivity contribution in [2.24, 2.45) is 11.8 Å². The van der Waals surface area contributed by atoms with E-state index in [-0.39, 0.29) is 11.7 Å². The van der Waals surface area contributed by atoms with Crippen LogP contribution in [0.2, 0.25) is 0 Å². The van der Waals surface area contributed by atoms with Gasteiger partial charge in [0.2, 0.25) is 0 Å². The second-order valence-electron chi connectivity index (χ2n) is 5.29. The molecule has 0 aliphatic rings. The standard InChI is InChI=1S/C16H22O3/c1-9(2)14(16(18)19-6)15(17)13-8-7-10(3)11(4)12(13)5/h7-9,14H,1-6H3. The maximum atomic E-state index is 12.6. The first-order valence-corrected chi connectivity index (χ1v) is 6.50. The van der Waals surface area contributed by atoms with Crippen molar-refractivity contribution in [3.05, 3.63) is 34.4 Å². The molecular weight excluding hydrogens is 240 g/mol. The Kier molecular flexibility index (Phi) is 4.87. The highest BCUT2D eigenvalue weighted by Gasteiger charge is 2.32. The van der Waals surface area contributed by atoms with E-state index in [0.29, 0.717) is 5.56 Å². The van der Waals surface area contributed by atoms with E-state index in [9.17, 15) is 9.59 Å². The minimum absolute atomic E-state index is 0.0824. The van der Waals surface area contributed by atoms with E-state index in [1.165, 1.54) is 7.11 Å². The Bertz CT molecular complexity index is 501. The Morgan fingerprint density at radius 2 is 1.63 bits per heavy atom. The second kappa shape index (κ2) is 6.00. The van der Waals surface area contributed by atoms with Crippen LogP contribution in [0.15, 0.2) is 12.1 Å². The van der Waals surface area contributed by atoms with Gasteiger partial charge in [-0.25, -0.2) is 0 Å². The van der Waals surface area contributed by atoms with Crippen LogP contribution in [0.4, 0.5) is 0 Å². The molecular formula is C16H22O3. The van der Waals surface area contributed by atoms with Crippen LogP contribution in [0.1, 0.15) is 40.9 Å². The average Bonchev–Trinajstić information content (AvgIpc) is 2.35. The molecule has 3 heteroatoms. The largest absolute Gasteiger partial charge is 0.468 e. The zero-order chi connectivity index (χ0) is 14.7. The van der Waals surface area contributed by atoms with E-state index >= 15 is 0 Å². The maximum absolute atomic E-state index is 12.6. The molecule has 0 aliphatic carbocycles. The summed E-state index contributed by atoms with van der Waals surface area (Å²) in [6.45, 7) is 9.64. The first-order valence-electron chi connectivity index (χ1n) is 6.50. The molecule has 0 fully saturated rings. The van der Waals surface area contributed by atoms with Gasteiger partial charge in [0.1, 0.15) is 5.92 Å². The van der Waals surface area contributed by atoms with Crippen molar-refractivity contribution < 1.29 is 14.3 Å². The Balaban J connectivity index is 3.25. The monoisotopic (exact) mass is 262 g/mol. The van der Waals surface area contributed by atoms with Crippen molar-refractivity contribution in [1.82, 2.24) is 0 Å². The first kappa shape index (κ1) is 15.4. The molecule has 0 saturated heterocycles. The number of carbonyl (C=O) groups excluding carboxylic acids is 2. The SMILES string of the molecule is COC(=O)C(C(=O)c1ccc(C)c(C)c1C)C(C)C. The van der Waals surface area contributed by atoms with Gasteiger partial charge in [-0.05, 0) is 43.4 Å². The zero-order valence-corrected chi connectivity index (χ0v) is 12.5. The van der Waals surface area contributed by atoms with Crippen molar-refractivity contribution in [3.8, 4) is 0 Å². The third kappa shape index (κ3) is 3.03. The van der Waals surface area contributed by atoms with E-state index in [4.69, 9.17) is 4.74 Å². The summed E-state index contributed by atoms with van der Waals surface area (Å²) >= 11 is 0. The van der Waals surface area contributed by atoms with E-state index in [0.717, 1.165) is 16.7 Å². The highest BCUT2D eigenvalue weighted by molar-refractivity contribution is 6.09. The molecule has 104 valence electrons. The molecule has 1 aromatic carbocycles. The number of aryl methyl sites for hydroxylation is 1. The van der Waals surface area contributed by atoms with Crippen LogP contribution in [0, 0.1) is 32.6 Å². The number of carbonyl (C=O) groups is 2. The van der Waals surface area contributed by atoms with Crippen LogP contribution in [-0.4, -0.2) is 18.9 Å². The lowest BCUT2D eigenvalue weighted by Gasteiger charge is -2.19. The van der Waals surface area contributed by atoms with Gasteiger partial charge in [-0.3, -0.25) is 9.59 Å². The lowest BCUT2D eigenvalue weighted by atomic mass is 9.85. The quantitative estimate of drug-likeness (QED) is 0.475. The van der Waals surface area contributed by atoms with Crippen LogP contribution in [0.25, 0.3) is 0 Å². The highest BCUT2D eigenvalue weighted by Crippen LogP contribution is 2.24. The summed E-state index contributed by atoms with van der Waals surface area (Å²) in [7, 11) is 1.32. The molecule has 0 spiro atoms. The average molecular weight is 262 g/mol. The number of ether oxygens (including phenoxy) is 1. The van der Waals surface area contributed by atoms with Gasteiger partial charge in [-0.1, -0.05) is 26.0 Å². The van der Waals surface area contributed by atoms with E-state index in [1.54, 1.807) is 6.07 Å². The molecule has 0 aliphatic heterocycles. The molecule has 1 aromatic rings. The van der Waals surface area contributed by atoms with Crippen LogP contribution < -0.4 is 0 Å². The van der Waals surface area contributed by atoms with Crippen molar-refractivity contribution in [2.45, 2.75) is 34.6 Å². The van der Waals surface area contributed by atoms with Crippen LogP contribution >= 0.6 is 0 Å². The lowest BCUT2D eigenvalue weighted by molar-refractivity contribution is -0.144. The molecule has 0 bridgehead atoms. The topological polar surface area (TPSA) is 43.4 Å². The van der Waals surface area contributed by atoms with Crippen LogP contribution in [0.3, 0.4) is 0 Å². The molecule has 0 saturated carbocycles. The van der Waals surface area contributed by atoms with Crippen molar-refractivity contribution in [2.75, 3.05) is 7.11 Å². The molecule has 0 N–H and O–H groups in total. The number of ketones is 1. The fraction of sp³-hybridized carbons (Fsp3) is 0.500. The van der Waals surface area contributed by atoms with E-state index in [2.05, 4.69) is 0 Å². The van der Waals surface area contributed by atoms with Gasteiger partial charge in [0, 0.05) is 5.56 Å². The Morgan fingerprint density at radius 3 is 2.11 bits per heavy atom. The molecule has 0 radical (unpaired) electrons. The lowest BCUT2D eigenvalue weighted by Crippen LogP contribution is -2.30. The number of rotatable bonds is 4. The number of hydrogen-bond donors (Lipinski definition) is 0. The normalized spacial score (nSPS) is 12.4. The summed E-state index contributed by atoms with van der Waals surface area (Å²) in [6.07, 6.45) is 0. The van der Waals surface area contributed by atoms with Crippen molar-refractivity contribution >= 4 is 11.8 Å². The van der Waals surface area contributed by atoms with Gasteiger partial charge in [0.05, 0.1) is 7.11 Å². The van der Waals surface area contributed by atoms with Gasteiger partial charge in [0.25, 0.3) is 0 Å². The molecule has 0 amide bonds. The molecule has 3 nitrogen and oxygen atoms in total. The number of hydrogen-bond acceptors (Lipinski definition) is 3. The third-order valence-corrected chi connectivity index (χ3v) is 3.73. The highest BCUT2D eigenvalue weighted by atomic mass is 16.5. The van der Waals surface area contributed by atoms with Gasteiger partial charge in [-0.2, -0.15) is 0 Å². The molecule has 1 unspecified atom stereocenters. The molecule has 19 heavy (non-hydrogen) atoms. The maximum Gasteiger partial charge on any atom is 0.316 e. The van der Waals surface area contributed by atoms with Gasteiger partial charge in [0.15, 0.2) is 5.78 Å². The third-order valence-electron chi connectivity index (χ3n) is 3.73. The number of benzene rings is 1. The van der Waals surface area contributed by atoms with Gasteiger partial charge >= 0.3 is 5.97 Å². The van der Waals surface area contributed by atoms with Crippen LogP contribution in [0.5, 0.6) is 0 Å². The second-order valence-corrected chi connectivity index (χ2v) is 5.29. The number of methoxy groups -OCH3 is 1. The number of Topliss-reactive ketones (excluding diaryl/α,β-unsaturated/α-hetero) is 1. The van der Waals surface area contributed by atoms with Gasteiger partial charge < -0.3 is 4.74 Å². The van der Waals surface area contributed by atoms with E-state index < -0.39 is 11.9 Å². The Morgan fingerprint density at radius 1 is 1.05 bits per heavy atom. The zero-order valence-electron chi connectivity index (χ0n) is 12.5. The molecule has 0 heterocycles. The fourth-order valence-corrected chi connectivity index (χ4v) is 2.20. The first-order chi connectivity index (χ1) is 8.81. The van der Waals surface area contributed by atoms with Gasteiger partial charge in [-0.15, -0.1) is 0 Å². The summed E-state index contributed by atoms with van der Waals surface area (Å²) in [5.74, 6) is -1.42. The molecule has 1 rings (SSSR count).